The summed E-state index contributed by atoms with van der Waals surface area (Å²) in [6, 6.07) is 0. The fourth-order valence-corrected chi connectivity index (χ4v) is 0.181. The van der Waals surface area contributed by atoms with E-state index in [9.17, 15) is 4.79 Å². The van der Waals surface area contributed by atoms with Crippen LogP contribution in [-0.4, -0.2) is 12.1 Å². The van der Waals surface area contributed by atoms with Crippen LogP contribution in [0.2, 0.25) is 0 Å². The summed E-state index contributed by atoms with van der Waals surface area (Å²) in [6.45, 7) is 4.90. The van der Waals surface area contributed by atoms with Crippen LogP contribution in [0.5, 0.6) is 0 Å². The molecule has 0 aliphatic rings. The van der Waals surface area contributed by atoms with Crippen molar-refractivity contribution in [2.45, 2.75) is 13.3 Å². The van der Waals surface area contributed by atoms with Crippen LogP contribution in [0.15, 0.2) is 5.10 Å². The van der Waals surface area contributed by atoms with Crippen LogP contribution in [-0.2, 0) is 37.5 Å². The van der Waals surface area contributed by atoms with E-state index in [1.807, 2.05) is 6.92 Å². The van der Waals surface area contributed by atoms with Crippen molar-refractivity contribution in [2.75, 3.05) is 0 Å². The first kappa shape index (κ1) is 11.9. The van der Waals surface area contributed by atoms with E-state index < -0.39 is 5.91 Å². The van der Waals surface area contributed by atoms with E-state index >= 15 is 0 Å². The van der Waals surface area contributed by atoms with E-state index in [0.29, 0.717) is 6.42 Å². The summed E-state index contributed by atoms with van der Waals surface area (Å²) in [6.07, 6.45) is 3.23. The van der Waals surface area contributed by atoms with Gasteiger partial charge in [0.1, 0.15) is 0 Å². The third kappa shape index (κ3) is 11.6. The molecule has 1 amide bonds. The second-order valence-electron chi connectivity index (χ2n) is 1.16. The Bertz CT molecular complexity index is 103. The van der Waals surface area contributed by atoms with E-state index in [1.54, 1.807) is 0 Å². The molecule has 0 aromatic carbocycles. The second kappa shape index (κ2) is 8.11. The van der Waals surface area contributed by atoms with Gasteiger partial charge in [-0.3, -0.25) is 0 Å². The quantitative estimate of drug-likeness (QED) is 0.387. The molecule has 3 nitrogen and oxygen atoms in total. The Morgan fingerprint density at radius 3 is 2.78 bits per heavy atom. The largest absolute Gasteiger partial charge is 0.400 e. The number of nitrogens with zero attached hydrogens (tertiary/aromatic N) is 1. The third-order valence-corrected chi connectivity index (χ3v) is 0.418. The van der Waals surface area contributed by atoms with Crippen LogP contribution in [0, 0.1) is 6.92 Å². The third-order valence-electron chi connectivity index (χ3n) is 0.418. The van der Waals surface area contributed by atoms with Crippen LogP contribution >= 0.6 is 0 Å². The molecular formula is C5H8N2OY-2. The molecule has 1 N–H and O–H groups in total. The predicted octanol–water partition coefficient (Wildman–Crippen LogP) is 0.207. The number of hydrazone groups is 1. The molecule has 1 radical (unpaired) electrons. The average Bonchev–Trinajstić information content (AvgIpc) is 1.66. The molecule has 0 aliphatic carbocycles. The summed E-state index contributed by atoms with van der Waals surface area (Å²) in [4.78, 5) is 9.96. The molecule has 0 bridgehead atoms. The van der Waals surface area contributed by atoms with Crippen LogP contribution < -0.4 is 5.43 Å². The Morgan fingerprint density at radius 1 is 1.89 bits per heavy atom. The smallest absolute Gasteiger partial charge is 0.0978 e. The van der Waals surface area contributed by atoms with Crippen molar-refractivity contribution in [3.8, 4) is 0 Å². The molecule has 0 aliphatic heterocycles. The first-order valence-electron chi connectivity index (χ1n) is 2.32. The van der Waals surface area contributed by atoms with E-state index in [4.69, 9.17) is 0 Å². The summed E-state index contributed by atoms with van der Waals surface area (Å²) in [5.74, 6) is -0.411. The Morgan fingerprint density at radius 2 is 2.44 bits per heavy atom. The van der Waals surface area contributed by atoms with Crippen LogP contribution in [0.1, 0.15) is 13.3 Å². The minimum atomic E-state index is -0.411. The number of rotatable bonds is 2. The molecule has 49 valence electrons. The van der Waals surface area contributed by atoms with Gasteiger partial charge in [0.25, 0.3) is 0 Å². The van der Waals surface area contributed by atoms with Crippen molar-refractivity contribution in [1.82, 2.24) is 5.43 Å². The van der Waals surface area contributed by atoms with Gasteiger partial charge in [0.15, 0.2) is 0 Å². The molecule has 0 aromatic heterocycles. The zero-order valence-electron chi connectivity index (χ0n) is 5.35. The predicted molar refractivity (Wildman–Crippen MR) is 31.2 cm³/mol. The average molecular weight is 201 g/mol. The van der Waals surface area contributed by atoms with E-state index in [0.717, 1.165) is 0 Å². The van der Waals surface area contributed by atoms with Crippen molar-refractivity contribution >= 4 is 12.1 Å². The van der Waals surface area contributed by atoms with Gasteiger partial charge in [0.05, 0.1) is 5.91 Å². The minimum absolute atomic E-state index is 0. The van der Waals surface area contributed by atoms with Crippen molar-refractivity contribution in [1.29, 1.82) is 0 Å². The minimum Gasteiger partial charge on any atom is -0.400 e. The molecular weight excluding hydrogens is 193 g/mol. The summed E-state index contributed by atoms with van der Waals surface area (Å²) >= 11 is 0. The zero-order chi connectivity index (χ0) is 6.41. The van der Waals surface area contributed by atoms with Crippen molar-refractivity contribution in [3.63, 3.8) is 0 Å². The number of carbonyl (C=O) groups excluding carboxylic acids is 1. The van der Waals surface area contributed by atoms with Gasteiger partial charge in [-0.1, -0.05) is 6.92 Å². The van der Waals surface area contributed by atoms with Crippen molar-refractivity contribution in [2.24, 2.45) is 5.10 Å². The summed E-state index contributed by atoms with van der Waals surface area (Å²) in [7, 11) is 0. The molecule has 0 spiro atoms. The molecule has 0 fully saturated rings. The second-order valence-corrected chi connectivity index (χ2v) is 1.16. The number of carbonyl (C=O) groups is 1. The van der Waals surface area contributed by atoms with Gasteiger partial charge >= 0.3 is 0 Å². The van der Waals surface area contributed by atoms with Gasteiger partial charge in [0, 0.05) is 32.7 Å². The van der Waals surface area contributed by atoms with Crippen LogP contribution in [0.25, 0.3) is 0 Å². The first-order chi connectivity index (χ1) is 3.77. The number of amides is 1. The summed E-state index contributed by atoms with van der Waals surface area (Å²) < 4.78 is 0. The SMILES string of the molecule is [CH2-]C(=O)NN=[C-]CC.[Y]. The van der Waals surface area contributed by atoms with E-state index in [1.165, 1.54) is 0 Å². The molecule has 0 aromatic rings. The maximum Gasteiger partial charge on any atom is 0.0978 e. The topological polar surface area (TPSA) is 41.5 Å². The standard InChI is InChI=1S/C5H8N2O.Y/c1-3-4-6-7-5(2)8;/h2-3H2,1H3,(H,7,8);/q-2;. The van der Waals surface area contributed by atoms with Crippen molar-refractivity contribution < 1.29 is 37.5 Å². The number of hydrogen-bond donors (Lipinski definition) is 1. The van der Waals surface area contributed by atoms with Gasteiger partial charge < -0.3 is 28.5 Å². The molecule has 0 unspecified atom stereocenters. The van der Waals surface area contributed by atoms with Gasteiger partial charge in [0.2, 0.25) is 0 Å². The maximum absolute atomic E-state index is 9.96. The zero-order valence-corrected chi connectivity index (χ0v) is 8.19. The van der Waals surface area contributed by atoms with Gasteiger partial charge in [-0.15, -0.1) is 0 Å². The summed E-state index contributed by atoms with van der Waals surface area (Å²) in [5.41, 5.74) is 2.11. The van der Waals surface area contributed by atoms with Crippen LogP contribution in [0.4, 0.5) is 0 Å². The molecule has 0 rings (SSSR count). The molecule has 9 heavy (non-hydrogen) atoms. The maximum atomic E-state index is 9.96. The monoisotopic (exact) mass is 201 g/mol. The van der Waals surface area contributed by atoms with Crippen LogP contribution in [0.3, 0.4) is 0 Å². The van der Waals surface area contributed by atoms with Crippen molar-refractivity contribution in [3.05, 3.63) is 6.92 Å². The molecule has 0 saturated heterocycles. The van der Waals surface area contributed by atoms with Gasteiger partial charge in [-0.25, -0.2) is 0 Å². The van der Waals surface area contributed by atoms with Gasteiger partial charge in [-0.2, -0.15) is 6.42 Å². The normalized spacial score (nSPS) is 8.56. The molecule has 0 heterocycles. The fraction of sp³-hybridized carbons (Fsp3) is 0.400. The van der Waals surface area contributed by atoms with E-state index in [2.05, 4.69) is 23.7 Å². The molecule has 0 saturated carbocycles. The number of nitrogens with one attached hydrogen (secondary N) is 1. The summed E-state index contributed by atoms with van der Waals surface area (Å²) in [5, 5.41) is 3.38. The number of hydrogen-bond acceptors (Lipinski definition) is 2. The Hall–Kier alpha value is 0.114. The van der Waals surface area contributed by atoms with E-state index in [-0.39, 0.29) is 32.7 Å². The molecule has 4 heteroatoms. The Kier molecular flexibility index (Phi) is 10.7. The molecule has 0 atom stereocenters. The Labute approximate surface area is 80.2 Å². The van der Waals surface area contributed by atoms with Gasteiger partial charge in [-0.05, 0) is 0 Å². The first-order valence-corrected chi connectivity index (χ1v) is 2.32. The fourth-order valence-electron chi connectivity index (χ4n) is 0.181. The Balaban J connectivity index is 0.